The summed E-state index contributed by atoms with van der Waals surface area (Å²) in [5.41, 5.74) is 0.835. The number of halogens is 1. The second-order valence-electron chi connectivity index (χ2n) is 6.19. The molecule has 0 spiro atoms. The van der Waals surface area contributed by atoms with Crippen molar-refractivity contribution in [2.45, 2.75) is 19.1 Å². The van der Waals surface area contributed by atoms with Gasteiger partial charge in [0, 0.05) is 24.2 Å². The van der Waals surface area contributed by atoms with Crippen LogP contribution in [0.5, 0.6) is 0 Å². The van der Waals surface area contributed by atoms with E-state index in [1.807, 2.05) is 19.1 Å². The Morgan fingerprint density at radius 1 is 1.27 bits per heavy atom. The predicted octanol–water partition coefficient (Wildman–Crippen LogP) is 2.51. The fraction of sp³-hybridized carbons (Fsp3) is 0.278. The number of rotatable bonds is 3. The minimum Gasteiger partial charge on any atom is -0.423 e. The first-order chi connectivity index (χ1) is 12.5. The number of carbonyl (C=O) groups is 2. The fourth-order valence-corrected chi connectivity index (χ4v) is 3.33. The van der Waals surface area contributed by atoms with Crippen LogP contribution in [-0.2, 0) is 9.53 Å². The van der Waals surface area contributed by atoms with Gasteiger partial charge in [-0.25, -0.2) is 9.79 Å². The molecule has 26 heavy (non-hydrogen) atoms. The molecule has 8 heteroatoms. The second-order valence-corrected chi connectivity index (χ2v) is 6.63. The molecule has 3 amide bonds. The molecule has 3 heterocycles. The van der Waals surface area contributed by atoms with Gasteiger partial charge in [0.05, 0.1) is 6.20 Å². The quantitative estimate of drug-likeness (QED) is 0.765. The van der Waals surface area contributed by atoms with Gasteiger partial charge in [-0.3, -0.25) is 14.6 Å². The number of hydrogen-bond donors (Lipinski definition) is 0. The average molecular weight is 373 g/mol. The first-order valence-corrected chi connectivity index (χ1v) is 8.60. The number of carbonyl (C=O) groups excluding carboxylic acids is 2. The van der Waals surface area contributed by atoms with Gasteiger partial charge in [-0.05, 0) is 31.2 Å². The molecular formula is C18H17ClN4O3. The van der Waals surface area contributed by atoms with Crippen LogP contribution in [0, 0.1) is 0 Å². The molecular weight excluding hydrogens is 356 g/mol. The summed E-state index contributed by atoms with van der Waals surface area (Å²) in [7, 11) is 1.64. The molecule has 1 saturated heterocycles. The highest BCUT2D eigenvalue weighted by molar-refractivity contribution is 6.30. The Balaban J connectivity index is 1.64. The molecule has 134 valence electrons. The third-order valence-corrected chi connectivity index (χ3v) is 4.86. The van der Waals surface area contributed by atoms with Crippen LogP contribution >= 0.6 is 11.6 Å². The highest BCUT2D eigenvalue weighted by Crippen LogP contribution is 2.35. The predicted molar refractivity (Wildman–Crippen MR) is 97.1 cm³/mol. The number of hydrogen-bond acceptors (Lipinski definition) is 5. The maximum atomic E-state index is 12.9. The molecule has 2 atom stereocenters. The lowest BCUT2D eigenvalue weighted by Crippen LogP contribution is -2.64. The fourth-order valence-electron chi connectivity index (χ4n) is 3.21. The minimum atomic E-state index is -0.622. The van der Waals surface area contributed by atoms with Crippen molar-refractivity contribution >= 4 is 35.3 Å². The van der Waals surface area contributed by atoms with Gasteiger partial charge in [0.15, 0.2) is 18.0 Å². The molecule has 1 aromatic carbocycles. The molecule has 1 aromatic rings. The standard InChI is InChI=1S/C18H17ClN4O3/c1-3-4-9-22-16(24)14-15(21(2)18(22)25)20-17-23(14)10-13(26-17)11-5-7-12(19)8-6-11/h3-8,10,14-15H,9H2,1-2H3/b4-3+. The van der Waals surface area contributed by atoms with E-state index < -0.39 is 12.2 Å². The van der Waals surface area contributed by atoms with Gasteiger partial charge in [-0.15, -0.1) is 0 Å². The number of benzene rings is 1. The summed E-state index contributed by atoms with van der Waals surface area (Å²) in [6.07, 6.45) is 4.74. The number of urea groups is 1. The molecule has 0 radical (unpaired) electrons. The minimum absolute atomic E-state index is 0.236. The number of amidine groups is 1. The zero-order chi connectivity index (χ0) is 18.4. The number of imide groups is 1. The van der Waals surface area contributed by atoms with Gasteiger partial charge in [0.2, 0.25) is 0 Å². The Kier molecular flexibility index (Phi) is 3.96. The SMILES string of the molecule is C/C=C/CN1C(=O)C2C(N=C3OC(c4ccc(Cl)cc4)=CN32)N(C)C1=O. The van der Waals surface area contributed by atoms with E-state index in [4.69, 9.17) is 16.3 Å². The van der Waals surface area contributed by atoms with Gasteiger partial charge in [-0.2, -0.15) is 0 Å². The largest absolute Gasteiger partial charge is 0.423 e. The van der Waals surface area contributed by atoms with Crippen molar-refractivity contribution < 1.29 is 14.3 Å². The Bertz CT molecular complexity index is 862. The van der Waals surface area contributed by atoms with Crippen molar-refractivity contribution in [3.63, 3.8) is 0 Å². The Labute approximate surface area is 155 Å². The molecule has 0 aliphatic carbocycles. The maximum Gasteiger partial charge on any atom is 0.328 e. The summed E-state index contributed by atoms with van der Waals surface area (Å²) in [6, 6.07) is 6.56. The number of amides is 3. The van der Waals surface area contributed by atoms with E-state index in [0.717, 1.165) is 5.56 Å². The third-order valence-electron chi connectivity index (χ3n) is 4.60. The number of allylic oxidation sites excluding steroid dienone is 1. The lowest BCUT2D eigenvalue weighted by Gasteiger charge is -2.39. The topological polar surface area (TPSA) is 65.5 Å². The van der Waals surface area contributed by atoms with E-state index in [1.54, 1.807) is 42.4 Å². The van der Waals surface area contributed by atoms with E-state index >= 15 is 0 Å². The third kappa shape index (κ3) is 2.47. The van der Waals surface area contributed by atoms with E-state index in [9.17, 15) is 9.59 Å². The van der Waals surface area contributed by atoms with Crippen molar-refractivity contribution in [2.24, 2.45) is 4.99 Å². The molecule has 2 unspecified atom stereocenters. The van der Waals surface area contributed by atoms with Gasteiger partial charge in [0.1, 0.15) is 0 Å². The molecule has 1 fully saturated rings. The zero-order valence-electron chi connectivity index (χ0n) is 14.3. The highest BCUT2D eigenvalue weighted by Gasteiger charge is 2.53. The summed E-state index contributed by atoms with van der Waals surface area (Å²) in [4.78, 5) is 34.2. The second kappa shape index (κ2) is 6.17. The van der Waals surface area contributed by atoms with Crippen LogP contribution in [-0.4, -0.2) is 58.5 Å². The van der Waals surface area contributed by atoms with Crippen LogP contribution in [0.4, 0.5) is 4.79 Å². The lowest BCUT2D eigenvalue weighted by molar-refractivity contribution is -0.136. The molecule has 4 rings (SSSR count). The lowest BCUT2D eigenvalue weighted by atomic mass is 10.1. The zero-order valence-corrected chi connectivity index (χ0v) is 15.1. The number of aliphatic imine (C=N–C) groups is 1. The Hall–Kier alpha value is -2.80. The number of nitrogens with zero attached hydrogens (tertiary/aromatic N) is 4. The molecule has 7 nitrogen and oxygen atoms in total. The van der Waals surface area contributed by atoms with Crippen LogP contribution in [0.2, 0.25) is 5.02 Å². The molecule has 0 saturated carbocycles. The van der Waals surface area contributed by atoms with Crippen LogP contribution in [0.25, 0.3) is 5.76 Å². The van der Waals surface area contributed by atoms with E-state index in [1.165, 1.54) is 9.80 Å². The van der Waals surface area contributed by atoms with Crippen molar-refractivity contribution in [3.05, 3.63) is 53.2 Å². The van der Waals surface area contributed by atoms with Gasteiger partial charge in [-0.1, -0.05) is 23.8 Å². The van der Waals surface area contributed by atoms with E-state index in [0.29, 0.717) is 16.8 Å². The highest BCUT2D eigenvalue weighted by atomic mass is 35.5. The van der Waals surface area contributed by atoms with Gasteiger partial charge >= 0.3 is 6.03 Å². The number of likely N-dealkylation sites (N-methyl/N-ethyl adjacent to an activating group) is 1. The monoisotopic (exact) mass is 372 g/mol. The van der Waals surface area contributed by atoms with E-state index in [2.05, 4.69) is 4.99 Å². The van der Waals surface area contributed by atoms with Crippen molar-refractivity contribution in [1.29, 1.82) is 0 Å². The summed E-state index contributed by atoms with van der Waals surface area (Å²) in [6.45, 7) is 2.08. The van der Waals surface area contributed by atoms with Gasteiger partial charge in [0.25, 0.3) is 11.9 Å². The van der Waals surface area contributed by atoms with Crippen molar-refractivity contribution in [1.82, 2.24) is 14.7 Å². The van der Waals surface area contributed by atoms with Crippen LogP contribution in [0.15, 0.2) is 47.6 Å². The van der Waals surface area contributed by atoms with Crippen molar-refractivity contribution in [3.8, 4) is 0 Å². The molecule has 3 aliphatic heterocycles. The average Bonchev–Trinajstić information content (AvgIpc) is 3.18. The van der Waals surface area contributed by atoms with Crippen LogP contribution in [0.1, 0.15) is 12.5 Å². The summed E-state index contributed by atoms with van der Waals surface area (Å²) >= 11 is 5.92. The van der Waals surface area contributed by atoms with Crippen molar-refractivity contribution in [2.75, 3.05) is 13.6 Å². The maximum absolute atomic E-state index is 12.9. The Morgan fingerprint density at radius 2 is 2.00 bits per heavy atom. The molecule has 0 N–H and O–H groups in total. The Morgan fingerprint density at radius 3 is 2.69 bits per heavy atom. The normalized spacial score (nSPS) is 24.7. The molecule has 3 aliphatic rings. The van der Waals surface area contributed by atoms with Crippen LogP contribution in [0.3, 0.4) is 0 Å². The summed E-state index contributed by atoms with van der Waals surface area (Å²) in [5, 5.41) is 0.632. The first-order valence-electron chi connectivity index (χ1n) is 8.22. The molecule has 0 aromatic heterocycles. The molecule has 0 bridgehead atoms. The summed E-state index contributed by atoms with van der Waals surface area (Å²) in [5.74, 6) is 0.304. The smallest absolute Gasteiger partial charge is 0.328 e. The van der Waals surface area contributed by atoms with Crippen LogP contribution < -0.4 is 0 Å². The van der Waals surface area contributed by atoms with Gasteiger partial charge < -0.3 is 9.64 Å². The summed E-state index contributed by atoms with van der Waals surface area (Å²) < 4.78 is 5.82. The number of ether oxygens (including phenoxy) is 1. The first kappa shape index (κ1) is 16.7. The van der Waals surface area contributed by atoms with E-state index in [-0.39, 0.29) is 18.5 Å². The number of fused-ring (bicyclic) bond motifs is 3.